The summed E-state index contributed by atoms with van der Waals surface area (Å²) in [6.45, 7) is 5.94. The second kappa shape index (κ2) is 4.92. The number of carbonyl (C=O) groups excluding carboxylic acids is 1. The Morgan fingerprint density at radius 2 is 2.33 bits per heavy atom. The SMILES string of the molecule is COCC(N)C(=O)N1CCOCC1(C)C. The van der Waals surface area contributed by atoms with Crippen molar-refractivity contribution in [3.8, 4) is 0 Å². The maximum absolute atomic E-state index is 12.0. The van der Waals surface area contributed by atoms with Crippen LogP contribution in [-0.4, -0.2) is 55.9 Å². The minimum absolute atomic E-state index is 0.0647. The third-order valence-corrected chi connectivity index (χ3v) is 2.57. The Morgan fingerprint density at radius 1 is 1.67 bits per heavy atom. The van der Waals surface area contributed by atoms with Crippen LogP contribution in [0.15, 0.2) is 0 Å². The summed E-state index contributed by atoms with van der Waals surface area (Å²) in [4.78, 5) is 13.7. The standard InChI is InChI=1S/C10H20N2O3/c1-10(2)7-15-5-4-12(10)9(13)8(11)6-14-3/h8H,4-7,11H2,1-3H3. The van der Waals surface area contributed by atoms with E-state index in [1.165, 1.54) is 7.11 Å². The highest BCUT2D eigenvalue weighted by Crippen LogP contribution is 2.19. The van der Waals surface area contributed by atoms with Gasteiger partial charge in [0, 0.05) is 13.7 Å². The van der Waals surface area contributed by atoms with Crippen molar-refractivity contribution < 1.29 is 14.3 Å². The van der Waals surface area contributed by atoms with E-state index in [2.05, 4.69) is 0 Å². The molecule has 2 N–H and O–H groups in total. The number of carbonyl (C=O) groups is 1. The van der Waals surface area contributed by atoms with Gasteiger partial charge in [0.25, 0.3) is 0 Å². The zero-order chi connectivity index (χ0) is 11.5. The van der Waals surface area contributed by atoms with Crippen LogP contribution in [0, 0.1) is 0 Å². The highest BCUT2D eigenvalue weighted by molar-refractivity contribution is 5.82. The third kappa shape index (κ3) is 2.90. The summed E-state index contributed by atoms with van der Waals surface area (Å²) in [5.41, 5.74) is 5.45. The Bertz CT molecular complexity index is 231. The number of ether oxygens (including phenoxy) is 2. The first-order valence-corrected chi connectivity index (χ1v) is 5.13. The normalized spacial score (nSPS) is 22.5. The van der Waals surface area contributed by atoms with E-state index in [1.807, 2.05) is 13.8 Å². The van der Waals surface area contributed by atoms with Gasteiger partial charge in [-0.05, 0) is 13.8 Å². The molecule has 1 unspecified atom stereocenters. The van der Waals surface area contributed by atoms with Gasteiger partial charge in [-0.25, -0.2) is 0 Å². The van der Waals surface area contributed by atoms with E-state index in [1.54, 1.807) is 4.90 Å². The van der Waals surface area contributed by atoms with Crippen LogP contribution in [0.3, 0.4) is 0 Å². The molecule has 5 nitrogen and oxygen atoms in total. The van der Waals surface area contributed by atoms with Gasteiger partial charge in [0.05, 0.1) is 25.4 Å². The molecule has 1 atom stereocenters. The van der Waals surface area contributed by atoms with Crippen molar-refractivity contribution in [1.82, 2.24) is 4.90 Å². The summed E-state index contributed by atoms with van der Waals surface area (Å²) in [6.07, 6.45) is 0. The first kappa shape index (κ1) is 12.4. The number of nitrogens with two attached hydrogens (primary N) is 1. The molecule has 0 aromatic carbocycles. The number of nitrogens with zero attached hydrogens (tertiary/aromatic N) is 1. The third-order valence-electron chi connectivity index (χ3n) is 2.57. The molecule has 1 saturated heterocycles. The van der Waals surface area contributed by atoms with E-state index in [-0.39, 0.29) is 18.1 Å². The molecule has 5 heteroatoms. The molecule has 0 spiro atoms. The fraction of sp³-hybridized carbons (Fsp3) is 0.900. The van der Waals surface area contributed by atoms with Crippen molar-refractivity contribution in [3.63, 3.8) is 0 Å². The lowest BCUT2D eigenvalue weighted by Crippen LogP contribution is -2.60. The Hall–Kier alpha value is -0.650. The Labute approximate surface area is 90.5 Å². The van der Waals surface area contributed by atoms with Gasteiger partial charge in [0.15, 0.2) is 0 Å². The zero-order valence-corrected chi connectivity index (χ0v) is 9.66. The molecule has 0 bridgehead atoms. The zero-order valence-electron chi connectivity index (χ0n) is 9.66. The van der Waals surface area contributed by atoms with Crippen molar-refractivity contribution in [2.24, 2.45) is 5.73 Å². The van der Waals surface area contributed by atoms with Crippen LogP contribution in [-0.2, 0) is 14.3 Å². The Morgan fingerprint density at radius 3 is 2.87 bits per heavy atom. The van der Waals surface area contributed by atoms with Crippen LogP contribution in [0.2, 0.25) is 0 Å². The Balaban J connectivity index is 2.64. The second-order valence-electron chi connectivity index (χ2n) is 4.42. The van der Waals surface area contributed by atoms with Gasteiger partial charge >= 0.3 is 0 Å². The molecule has 1 fully saturated rings. The molecule has 1 heterocycles. The van der Waals surface area contributed by atoms with Crippen LogP contribution in [0.5, 0.6) is 0 Å². The van der Waals surface area contributed by atoms with Crippen molar-refractivity contribution in [1.29, 1.82) is 0 Å². The molecular formula is C10H20N2O3. The lowest BCUT2D eigenvalue weighted by molar-refractivity contribution is -0.148. The average molecular weight is 216 g/mol. The van der Waals surface area contributed by atoms with Crippen LogP contribution >= 0.6 is 0 Å². The molecule has 1 aliphatic heterocycles. The summed E-state index contributed by atoms with van der Waals surface area (Å²) in [6, 6.07) is -0.577. The summed E-state index contributed by atoms with van der Waals surface area (Å²) in [5, 5.41) is 0. The number of morpholine rings is 1. The molecule has 0 radical (unpaired) electrons. The van der Waals surface area contributed by atoms with E-state index in [0.29, 0.717) is 19.8 Å². The fourth-order valence-electron chi connectivity index (χ4n) is 1.72. The molecule has 15 heavy (non-hydrogen) atoms. The van der Waals surface area contributed by atoms with E-state index >= 15 is 0 Å². The molecule has 0 aliphatic carbocycles. The van der Waals surface area contributed by atoms with Gasteiger partial charge in [-0.1, -0.05) is 0 Å². The maximum Gasteiger partial charge on any atom is 0.242 e. The van der Waals surface area contributed by atoms with Crippen molar-refractivity contribution in [3.05, 3.63) is 0 Å². The first-order chi connectivity index (χ1) is 6.99. The van der Waals surface area contributed by atoms with E-state index < -0.39 is 6.04 Å². The van der Waals surface area contributed by atoms with Crippen molar-refractivity contribution in [2.75, 3.05) is 33.5 Å². The summed E-state index contributed by atoms with van der Waals surface area (Å²) >= 11 is 0. The summed E-state index contributed by atoms with van der Waals surface area (Å²) in [7, 11) is 1.54. The van der Waals surface area contributed by atoms with Gasteiger partial charge in [-0.15, -0.1) is 0 Å². The van der Waals surface area contributed by atoms with Gasteiger partial charge in [0.1, 0.15) is 6.04 Å². The molecule has 88 valence electrons. The minimum atomic E-state index is -0.577. The quantitative estimate of drug-likeness (QED) is 0.697. The number of methoxy groups -OCH3 is 1. The lowest BCUT2D eigenvalue weighted by Gasteiger charge is -2.43. The summed E-state index contributed by atoms with van der Waals surface area (Å²) < 4.78 is 10.2. The molecule has 1 amide bonds. The van der Waals surface area contributed by atoms with Gasteiger partial charge in [-0.3, -0.25) is 4.79 Å². The second-order valence-corrected chi connectivity index (χ2v) is 4.42. The molecule has 0 aromatic heterocycles. The topological polar surface area (TPSA) is 64.8 Å². The molecule has 0 saturated carbocycles. The van der Waals surface area contributed by atoms with Crippen LogP contribution in [0.25, 0.3) is 0 Å². The lowest BCUT2D eigenvalue weighted by atomic mass is 10.0. The van der Waals surface area contributed by atoms with E-state index in [9.17, 15) is 4.79 Å². The average Bonchev–Trinajstić information content (AvgIpc) is 2.16. The van der Waals surface area contributed by atoms with Gasteiger partial charge < -0.3 is 20.1 Å². The van der Waals surface area contributed by atoms with E-state index in [4.69, 9.17) is 15.2 Å². The monoisotopic (exact) mass is 216 g/mol. The van der Waals surface area contributed by atoms with Crippen molar-refractivity contribution in [2.45, 2.75) is 25.4 Å². The van der Waals surface area contributed by atoms with Gasteiger partial charge in [-0.2, -0.15) is 0 Å². The number of amides is 1. The number of hydrogen-bond acceptors (Lipinski definition) is 4. The van der Waals surface area contributed by atoms with Crippen LogP contribution in [0.1, 0.15) is 13.8 Å². The number of rotatable bonds is 3. The molecule has 1 aliphatic rings. The van der Waals surface area contributed by atoms with Gasteiger partial charge in [0.2, 0.25) is 5.91 Å². The smallest absolute Gasteiger partial charge is 0.242 e. The van der Waals surface area contributed by atoms with Crippen LogP contribution < -0.4 is 5.73 Å². The first-order valence-electron chi connectivity index (χ1n) is 5.13. The largest absolute Gasteiger partial charge is 0.383 e. The highest BCUT2D eigenvalue weighted by atomic mass is 16.5. The van der Waals surface area contributed by atoms with Crippen molar-refractivity contribution >= 4 is 5.91 Å². The maximum atomic E-state index is 12.0. The summed E-state index contributed by atoms with van der Waals surface area (Å²) in [5.74, 6) is -0.0647. The molecule has 1 rings (SSSR count). The predicted molar refractivity (Wildman–Crippen MR) is 56.5 cm³/mol. The highest BCUT2D eigenvalue weighted by Gasteiger charge is 2.36. The van der Waals surface area contributed by atoms with Crippen LogP contribution in [0.4, 0.5) is 0 Å². The fourth-order valence-corrected chi connectivity index (χ4v) is 1.72. The number of hydrogen-bond donors (Lipinski definition) is 1. The predicted octanol–water partition coefficient (Wildman–Crippen LogP) is -0.402. The van der Waals surface area contributed by atoms with E-state index in [0.717, 1.165) is 0 Å². The Kier molecular flexibility index (Phi) is 4.07. The minimum Gasteiger partial charge on any atom is -0.383 e. The molecular weight excluding hydrogens is 196 g/mol. The molecule has 0 aromatic rings.